The number of carbonyl (C=O) groups excluding carboxylic acids is 1. The summed E-state index contributed by atoms with van der Waals surface area (Å²) in [4.78, 5) is 10.3. The summed E-state index contributed by atoms with van der Waals surface area (Å²) in [7, 11) is 0. The Morgan fingerprint density at radius 1 is 1.36 bits per heavy atom. The van der Waals surface area contributed by atoms with Gasteiger partial charge in [-0.1, -0.05) is 12.2 Å². The van der Waals surface area contributed by atoms with Crippen LogP contribution in [-0.2, 0) is 4.79 Å². The van der Waals surface area contributed by atoms with E-state index in [2.05, 4.69) is 0 Å². The van der Waals surface area contributed by atoms with Crippen molar-refractivity contribution >= 4 is 12.8 Å². The summed E-state index contributed by atoms with van der Waals surface area (Å²) in [6.45, 7) is -3.71. The molecule has 0 radical (unpaired) electrons. The second-order valence-electron chi connectivity index (χ2n) is 3.12. The van der Waals surface area contributed by atoms with Gasteiger partial charge in [-0.3, -0.25) is 4.79 Å². The summed E-state index contributed by atoms with van der Waals surface area (Å²) in [5, 5.41) is -1.66. The normalized spacial score (nSPS) is 22.0. The Morgan fingerprint density at radius 3 is 1.82 bits per heavy atom. The molecule has 1 aliphatic carbocycles. The van der Waals surface area contributed by atoms with Gasteiger partial charge in [0.1, 0.15) is 5.78 Å². The summed E-state index contributed by atoms with van der Waals surface area (Å²) < 4.78 is 35.9. The Balaban J connectivity index is 0.000001000. The number of halogens is 3. The predicted molar refractivity (Wildman–Crippen MR) is 31.7 cm³/mol. The molecule has 0 unspecified atom stereocenters. The van der Waals surface area contributed by atoms with E-state index in [0.29, 0.717) is 0 Å². The van der Waals surface area contributed by atoms with E-state index in [1.807, 2.05) is 0 Å². The third kappa shape index (κ3) is 2.30. The van der Waals surface area contributed by atoms with Crippen molar-refractivity contribution in [3.63, 3.8) is 0 Å². The fourth-order valence-corrected chi connectivity index (χ4v) is 1.08. The first-order valence-corrected chi connectivity index (χ1v) is 3.06. The van der Waals surface area contributed by atoms with E-state index in [1.54, 1.807) is 0 Å². The van der Waals surface area contributed by atoms with Crippen LogP contribution in [0.5, 0.6) is 0 Å². The molecule has 1 saturated carbocycles. The van der Waals surface area contributed by atoms with Crippen LogP contribution in [0.3, 0.4) is 0 Å². The molecule has 6 heteroatoms. The Morgan fingerprint density at radius 2 is 1.73 bits per heavy atom. The van der Waals surface area contributed by atoms with Crippen LogP contribution in [0.4, 0.5) is 12.9 Å². The van der Waals surface area contributed by atoms with Gasteiger partial charge in [-0.2, -0.15) is 0 Å². The van der Waals surface area contributed by atoms with Gasteiger partial charge in [0, 0.05) is 0 Å². The van der Waals surface area contributed by atoms with Gasteiger partial charge in [0.05, 0.1) is 0 Å². The van der Waals surface area contributed by atoms with Crippen LogP contribution in [0.1, 0.15) is 19.8 Å². The Hall–Kier alpha value is 1.16. The number of hydrogen-bond acceptors (Lipinski definition) is 1. The van der Waals surface area contributed by atoms with E-state index in [0.717, 1.165) is 6.92 Å². The van der Waals surface area contributed by atoms with Crippen LogP contribution >= 0.6 is 0 Å². The summed E-state index contributed by atoms with van der Waals surface area (Å²) in [5.74, 6) is -0.276. The molecule has 58 valence electrons. The summed E-state index contributed by atoms with van der Waals surface area (Å²) in [6.07, 6.45) is -0.618. The van der Waals surface area contributed by atoms with Crippen LogP contribution in [0.15, 0.2) is 0 Å². The molecule has 1 nitrogen and oxygen atoms in total. The van der Waals surface area contributed by atoms with E-state index >= 15 is 0 Å². The average Bonchev–Trinajstić information content (AvgIpc) is 1.58. The second kappa shape index (κ2) is 3.49. The largest absolute Gasteiger partial charge is 1.00 e. The van der Waals surface area contributed by atoms with Gasteiger partial charge < -0.3 is 12.9 Å². The molecule has 0 aromatic carbocycles. The molecule has 0 spiro atoms. The van der Waals surface area contributed by atoms with E-state index in [4.69, 9.17) is 0 Å². The molecular formula is C5H7BF3KO. The summed E-state index contributed by atoms with van der Waals surface area (Å²) in [5.41, 5.74) is 0. The SMILES string of the molecule is CC1([B-](F)(F)F)CC(=O)C1.[K+]. The molecule has 11 heavy (non-hydrogen) atoms. The molecule has 1 aliphatic rings. The molecule has 0 aliphatic heterocycles. The monoisotopic (exact) mass is 190 g/mol. The van der Waals surface area contributed by atoms with Gasteiger partial charge >= 0.3 is 58.4 Å². The van der Waals surface area contributed by atoms with E-state index in [-0.39, 0.29) is 70.0 Å². The van der Waals surface area contributed by atoms with Crippen LogP contribution in [0, 0.1) is 0 Å². The molecule has 1 fully saturated rings. The van der Waals surface area contributed by atoms with E-state index < -0.39 is 12.3 Å². The molecule has 0 N–H and O–H groups in total. The van der Waals surface area contributed by atoms with Crippen molar-refractivity contribution in [3.05, 3.63) is 0 Å². The Labute approximate surface area is 106 Å². The average molecular weight is 190 g/mol. The van der Waals surface area contributed by atoms with Crippen LogP contribution in [-0.4, -0.2) is 12.8 Å². The van der Waals surface area contributed by atoms with Gasteiger partial charge in [-0.15, -0.1) is 0 Å². The molecule has 0 amide bonds. The minimum atomic E-state index is -4.82. The fraction of sp³-hybridized carbons (Fsp3) is 0.800. The van der Waals surface area contributed by atoms with Crippen molar-refractivity contribution in [1.29, 1.82) is 0 Å². The first-order chi connectivity index (χ1) is 4.35. The number of carbonyl (C=O) groups is 1. The Bertz CT molecular complexity index is 171. The van der Waals surface area contributed by atoms with Gasteiger partial charge in [0.15, 0.2) is 0 Å². The summed E-state index contributed by atoms with van der Waals surface area (Å²) in [6, 6.07) is 0. The number of Topliss-reactive ketones (excluding diaryl/α,β-unsaturated/α-hetero) is 1. The van der Waals surface area contributed by atoms with Gasteiger partial charge in [-0.05, 0) is 12.8 Å². The third-order valence-corrected chi connectivity index (χ3v) is 1.99. The molecule has 0 heterocycles. The van der Waals surface area contributed by atoms with Crippen molar-refractivity contribution in [2.45, 2.75) is 25.1 Å². The van der Waals surface area contributed by atoms with Crippen LogP contribution < -0.4 is 51.4 Å². The molecule has 0 saturated heterocycles. The van der Waals surface area contributed by atoms with Gasteiger partial charge in [-0.25, -0.2) is 0 Å². The van der Waals surface area contributed by atoms with Crippen molar-refractivity contribution in [2.75, 3.05) is 0 Å². The molecule has 0 bridgehead atoms. The first-order valence-electron chi connectivity index (χ1n) is 3.06. The minimum Gasteiger partial charge on any atom is -0.449 e. The zero-order chi connectivity index (χ0) is 7.99. The molecular weight excluding hydrogens is 183 g/mol. The molecule has 0 atom stereocenters. The smallest absolute Gasteiger partial charge is 0.449 e. The number of ketones is 1. The number of hydrogen-bond donors (Lipinski definition) is 0. The van der Waals surface area contributed by atoms with E-state index in [9.17, 15) is 17.7 Å². The summed E-state index contributed by atoms with van der Waals surface area (Å²) >= 11 is 0. The maximum absolute atomic E-state index is 12.0. The number of rotatable bonds is 1. The topological polar surface area (TPSA) is 17.1 Å². The van der Waals surface area contributed by atoms with Crippen molar-refractivity contribution in [1.82, 2.24) is 0 Å². The van der Waals surface area contributed by atoms with E-state index in [1.165, 1.54) is 0 Å². The standard InChI is InChI=1S/C5H7BF3O.K/c1-5(6(7,8)9)2-4(10)3-5;/h2-3H2,1H3;/q-1;+1. The maximum Gasteiger partial charge on any atom is 1.00 e. The van der Waals surface area contributed by atoms with Crippen molar-refractivity contribution in [2.24, 2.45) is 0 Å². The van der Waals surface area contributed by atoms with Crippen molar-refractivity contribution < 1.29 is 69.1 Å². The predicted octanol–water partition coefficient (Wildman–Crippen LogP) is -1.04. The third-order valence-electron chi connectivity index (χ3n) is 1.99. The zero-order valence-electron chi connectivity index (χ0n) is 6.53. The fourth-order valence-electron chi connectivity index (χ4n) is 1.08. The zero-order valence-corrected chi connectivity index (χ0v) is 9.66. The quantitative estimate of drug-likeness (QED) is 0.483. The van der Waals surface area contributed by atoms with Crippen LogP contribution in [0.25, 0.3) is 0 Å². The first kappa shape index (κ1) is 12.2. The second-order valence-corrected chi connectivity index (χ2v) is 3.12. The minimum absolute atomic E-state index is 0. The Kier molecular flexibility index (Phi) is 3.86. The van der Waals surface area contributed by atoms with Gasteiger partial charge in [0.2, 0.25) is 0 Å². The molecule has 0 aromatic heterocycles. The van der Waals surface area contributed by atoms with Crippen molar-refractivity contribution in [3.8, 4) is 0 Å². The maximum atomic E-state index is 12.0. The molecule has 1 rings (SSSR count). The van der Waals surface area contributed by atoms with Crippen LogP contribution in [0.2, 0.25) is 5.31 Å². The molecule has 0 aromatic rings. The van der Waals surface area contributed by atoms with Gasteiger partial charge in [0.25, 0.3) is 0 Å².